The Kier molecular flexibility index (Phi) is 5.77. The Morgan fingerprint density at radius 1 is 1.30 bits per heavy atom. The van der Waals surface area contributed by atoms with Crippen LogP contribution in [0.25, 0.3) is 0 Å². The highest BCUT2D eigenvalue weighted by molar-refractivity contribution is 6.74. The predicted molar refractivity (Wildman–Crippen MR) is 89.8 cm³/mol. The highest BCUT2D eigenvalue weighted by Gasteiger charge is 2.37. The Morgan fingerprint density at radius 2 is 1.95 bits per heavy atom. The van der Waals surface area contributed by atoms with Crippen molar-refractivity contribution in [2.45, 2.75) is 65.2 Å². The Bertz CT molecular complexity index is 427. The zero-order valence-electron chi connectivity index (χ0n) is 14.1. The van der Waals surface area contributed by atoms with E-state index in [1.165, 1.54) is 5.56 Å². The van der Waals surface area contributed by atoms with Gasteiger partial charge in [-0.3, -0.25) is 4.98 Å². The van der Waals surface area contributed by atoms with Gasteiger partial charge in [0.2, 0.25) is 0 Å². The van der Waals surface area contributed by atoms with Crippen LogP contribution < -0.4 is 5.32 Å². The number of nitrogens with one attached hydrogen (secondary N) is 1. The summed E-state index contributed by atoms with van der Waals surface area (Å²) in [4.78, 5) is 4.26. The maximum absolute atomic E-state index is 6.24. The van der Waals surface area contributed by atoms with Crippen LogP contribution in [0.15, 0.2) is 18.5 Å². The van der Waals surface area contributed by atoms with Crippen molar-refractivity contribution in [2.75, 3.05) is 11.9 Å². The zero-order valence-corrected chi connectivity index (χ0v) is 15.1. The number of anilines is 1. The fourth-order valence-electron chi connectivity index (χ4n) is 1.64. The van der Waals surface area contributed by atoms with Gasteiger partial charge in [0.1, 0.15) is 0 Å². The fourth-order valence-corrected chi connectivity index (χ4v) is 2.74. The minimum atomic E-state index is -1.66. The first-order valence-electron chi connectivity index (χ1n) is 7.50. The van der Waals surface area contributed by atoms with Crippen molar-refractivity contribution in [3.05, 3.63) is 24.0 Å². The van der Waals surface area contributed by atoms with Gasteiger partial charge in [0.05, 0.1) is 12.3 Å². The van der Waals surface area contributed by atoms with Crippen molar-refractivity contribution >= 4 is 14.0 Å². The molecular formula is C16H30N2OSi. The molecule has 1 N–H and O–H groups in total. The first-order chi connectivity index (χ1) is 9.15. The molecule has 0 unspecified atom stereocenters. The monoisotopic (exact) mass is 294 g/mol. The van der Waals surface area contributed by atoms with Crippen LogP contribution in [0.3, 0.4) is 0 Å². The lowest BCUT2D eigenvalue weighted by Crippen LogP contribution is -2.43. The van der Waals surface area contributed by atoms with Gasteiger partial charge in [-0.15, -0.1) is 0 Å². The van der Waals surface area contributed by atoms with Crippen LogP contribution in [0.1, 0.15) is 40.2 Å². The van der Waals surface area contributed by atoms with Gasteiger partial charge < -0.3 is 9.74 Å². The number of pyridine rings is 1. The van der Waals surface area contributed by atoms with E-state index in [4.69, 9.17) is 4.43 Å². The van der Waals surface area contributed by atoms with Gasteiger partial charge in [0.15, 0.2) is 8.32 Å². The smallest absolute Gasteiger partial charge is 0.192 e. The van der Waals surface area contributed by atoms with E-state index in [1.54, 1.807) is 0 Å². The number of rotatable bonds is 6. The van der Waals surface area contributed by atoms with Crippen molar-refractivity contribution in [2.24, 2.45) is 0 Å². The molecule has 114 valence electrons. The third-order valence-electron chi connectivity index (χ3n) is 4.12. The van der Waals surface area contributed by atoms with Crippen molar-refractivity contribution < 1.29 is 4.43 Å². The van der Waals surface area contributed by atoms with E-state index in [0.717, 1.165) is 18.7 Å². The molecule has 0 aromatic carbocycles. The lowest BCUT2D eigenvalue weighted by atomic mass is 10.2. The number of aryl methyl sites for hydroxylation is 1. The summed E-state index contributed by atoms with van der Waals surface area (Å²) in [6.45, 7) is 16.4. The first kappa shape index (κ1) is 17.2. The van der Waals surface area contributed by atoms with Gasteiger partial charge in [-0.05, 0) is 43.1 Å². The summed E-state index contributed by atoms with van der Waals surface area (Å²) in [5, 5.41) is 3.74. The van der Waals surface area contributed by atoms with Gasteiger partial charge in [0, 0.05) is 18.4 Å². The summed E-state index contributed by atoms with van der Waals surface area (Å²) in [6.07, 6.45) is 4.81. The molecule has 1 rings (SSSR count). The van der Waals surface area contributed by atoms with Crippen LogP contribution in [-0.2, 0) is 10.8 Å². The Balaban J connectivity index is 2.53. The zero-order chi connectivity index (χ0) is 15.4. The molecule has 1 atom stereocenters. The summed E-state index contributed by atoms with van der Waals surface area (Å²) in [5.74, 6) is 0. The number of hydrogen-bond donors (Lipinski definition) is 1. The number of hydrogen-bond acceptors (Lipinski definition) is 3. The molecule has 1 aromatic heterocycles. The van der Waals surface area contributed by atoms with Gasteiger partial charge in [0.25, 0.3) is 0 Å². The van der Waals surface area contributed by atoms with Crippen LogP contribution in [0.2, 0.25) is 18.1 Å². The second-order valence-electron chi connectivity index (χ2n) is 7.05. The van der Waals surface area contributed by atoms with Crippen LogP contribution in [0.4, 0.5) is 5.69 Å². The molecule has 0 saturated carbocycles. The lowest BCUT2D eigenvalue weighted by molar-refractivity contribution is 0.276. The SMILES string of the molecule is CCc1cncc(N[C@H](C)CO[Si](C)(C)C(C)(C)C)c1. The third kappa shape index (κ3) is 4.91. The van der Waals surface area contributed by atoms with Crippen LogP contribution >= 0.6 is 0 Å². The third-order valence-corrected chi connectivity index (χ3v) is 8.62. The minimum absolute atomic E-state index is 0.260. The summed E-state index contributed by atoms with van der Waals surface area (Å²) in [7, 11) is -1.66. The summed E-state index contributed by atoms with van der Waals surface area (Å²) in [6, 6.07) is 2.45. The van der Waals surface area contributed by atoms with Crippen molar-refractivity contribution in [3.8, 4) is 0 Å². The van der Waals surface area contributed by atoms with Gasteiger partial charge >= 0.3 is 0 Å². The quantitative estimate of drug-likeness (QED) is 0.786. The average molecular weight is 295 g/mol. The number of aromatic nitrogens is 1. The molecule has 1 heterocycles. The molecule has 1 aromatic rings. The Morgan fingerprint density at radius 3 is 2.50 bits per heavy atom. The minimum Gasteiger partial charge on any atom is -0.415 e. The molecule has 0 aliphatic heterocycles. The van der Waals surface area contributed by atoms with Crippen LogP contribution in [0, 0.1) is 0 Å². The molecule has 4 heteroatoms. The van der Waals surface area contributed by atoms with Crippen molar-refractivity contribution in [1.29, 1.82) is 0 Å². The molecule has 0 bridgehead atoms. The van der Waals surface area contributed by atoms with Crippen LogP contribution in [-0.4, -0.2) is 26.0 Å². The summed E-state index contributed by atoms with van der Waals surface area (Å²) in [5.41, 5.74) is 2.34. The van der Waals surface area contributed by atoms with Crippen molar-refractivity contribution in [3.63, 3.8) is 0 Å². The maximum Gasteiger partial charge on any atom is 0.192 e. The van der Waals surface area contributed by atoms with Gasteiger partial charge in [-0.1, -0.05) is 27.7 Å². The van der Waals surface area contributed by atoms with E-state index in [1.807, 2.05) is 12.4 Å². The normalized spacial score (nSPS) is 14.2. The molecule has 20 heavy (non-hydrogen) atoms. The van der Waals surface area contributed by atoms with E-state index in [9.17, 15) is 0 Å². The van der Waals surface area contributed by atoms with E-state index >= 15 is 0 Å². The van der Waals surface area contributed by atoms with Gasteiger partial charge in [-0.25, -0.2) is 0 Å². The van der Waals surface area contributed by atoms with E-state index in [2.05, 4.69) is 64.1 Å². The molecule has 0 aliphatic carbocycles. The Labute approximate surface area is 125 Å². The standard InChI is InChI=1S/C16H30N2OSi/c1-8-14-9-15(11-17-10-14)18-13(2)12-19-20(6,7)16(3,4)5/h9-11,13,18H,8,12H2,1-7H3/t13-/m1/s1. The topological polar surface area (TPSA) is 34.2 Å². The largest absolute Gasteiger partial charge is 0.415 e. The second kappa shape index (κ2) is 6.72. The molecule has 0 saturated heterocycles. The summed E-state index contributed by atoms with van der Waals surface area (Å²) < 4.78 is 6.24. The van der Waals surface area contributed by atoms with Crippen molar-refractivity contribution in [1.82, 2.24) is 4.98 Å². The lowest BCUT2D eigenvalue weighted by Gasteiger charge is -2.37. The van der Waals surface area contributed by atoms with Crippen LogP contribution in [0.5, 0.6) is 0 Å². The van der Waals surface area contributed by atoms with E-state index < -0.39 is 8.32 Å². The molecule has 0 amide bonds. The molecular weight excluding hydrogens is 264 g/mol. The average Bonchev–Trinajstić information content (AvgIpc) is 2.35. The van der Waals surface area contributed by atoms with E-state index in [-0.39, 0.29) is 11.1 Å². The second-order valence-corrected chi connectivity index (χ2v) is 11.9. The predicted octanol–water partition coefficient (Wildman–Crippen LogP) is 4.47. The number of nitrogens with zero attached hydrogens (tertiary/aromatic N) is 1. The highest BCUT2D eigenvalue weighted by atomic mass is 28.4. The maximum atomic E-state index is 6.24. The fraction of sp³-hybridized carbons (Fsp3) is 0.688. The van der Waals surface area contributed by atoms with Gasteiger partial charge in [-0.2, -0.15) is 0 Å². The first-order valence-corrected chi connectivity index (χ1v) is 10.4. The van der Waals surface area contributed by atoms with E-state index in [0.29, 0.717) is 0 Å². The highest BCUT2D eigenvalue weighted by Crippen LogP contribution is 2.36. The molecule has 3 nitrogen and oxygen atoms in total. The Hall–Kier alpha value is -0.873. The molecule has 0 fully saturated rings. The molecule has 0 spiro atoms. The molecule has 0 aliphatic rings. The summed E-state index contributed by atoms with van der Waals surface area (Å²) >= 11 is 0. The molecule has 0 radical (unpaired) electrons.